The molecule has 1 fully saturated rings. The van der Waals surface area contributed by atoms with Gasteiger partial charge in [-0.3, -0.25) is 4.90 Å². The van der Waals surface area contributed by atoms with Crippen molar-refractivity contribution in [1.29, 1.82) is 0 Å². The summed E-state index contributed by atoms with van der Waals surface area (Å²) in [5.41, 5.74) is 2.12. The maximum Gasteiger partial charge on any atom is 0.123 e. The van der Waals surface area contributed by atoms with Crippen molar-refractivity contribution >= 4 is 0 Å². The first kappa shape index (κ1) is 16.3. The van der Waals surface area contributed by atoms with Gasteiger partial charge in [-0.25, -0.2) is 0 Å². The van der Waals surface area contributed by atoms with Crippen LogP contribution in [0.1, 0.15) is 37.0 Å². The summed E-state index contributed by atoms with van der Waals surface area (Å²) in [5.74, 6) is 0.912. The molecule has 1 N–H and O–H groups in total. The molecule has 4 heteroatoms. The number of hydrogen-bond acceptors (Lipinski definition) is 4. The van der Waals surface area contributed by atoms with Gasteiger partial charge in [0.1, 0.15) is 5.75 Å². The molecule has 21 heavy (non-hydrogen) atoms. The molecule has 0 aliphatic carbocycles. The average molecular weight is 292 g/mol. The molecule has 0 saturated carbocycles. The van der Waals surface area contributed by atoms with Crippen LogP contribution in [0.5, 0.6) is 5.75 Å². The lowest BCUT2D eigenvalue weighted by Crippen LogP contribution is -2.37. The van der Waals surface area contributed by atoms with Gasteiger partial charge in [0.05, 0.1) is 13.2 Å². The minimum Gasteiger partial charge on any atom is -0.496 e. The number of benzene rings is 1. The Morgan fingerprint density at radius 2 is 2.19 bits per heavy atom. The zero-order chi connectivity index (χ0) is 15.4. The van der Waals surface area contributed by atoms with Gasteiger partial charge in [0.15, 0.2) is 0 Å². The van der Waals surface area contributed by atoms with Crippen molar-refractivity contribution in [3.63, 3.8) is 0 Å². The summed E-state index contributed by atoms with van der Waals surface area (Å²) in [5, 5.41) is 9.78. The normalized spacial score (nSPS) is 21.0. The summed E-state index contributed by atoms with van der Waals surface area (Å²) in [6.45, 7) is 4.93. The second-order valence-electron chi connectivity index (χ2n) is 6.28. The molecule has 4 nitrogen and oxygen atoms in total. The molecule has 1 aromatic carbocycles. The number of aliphatic hydroxyl groups is 1. The van der Waals surface area contributed by atoms with Crippen LogP contribution in [0.4, 0.5) is 0 Å². The zero-order valence-electron chi connectivity index (χ0n) is 13.7. The van der Waals surface area contributed by atoms with Gasteiger partial charge in [0.25, 0.3) is 0 Å². The minimum atomic E-state index is -0.439. The van der Waals surface area contributed by atoms with Gasteiger partial charge >= 0.3 is 0 Å². The molecule has 1 aliphatic heterocycles. The van der Waals surface area contributed by atoms with Crippen molar-refractivity contribution in [3.05, 3.63) is 29.3 Å². The Bertz CT molecular complexity index is 460. The largest absolute Gasteiger partial charge is 0.496 e. The van der Waals surface area contributed by atoms with Crippen LogP contribution >= 0.6 is 0 Å². The van der Waals surface area contributed by atoms with E-state index in [0.29, 0.717) is 6.04 Å². The van der Waals surface area contributed by atoms with E-state index in [1.54, 1.807) is 14.0 Å². The molecule has 0 aromatic heterocycles. The van der Waals surface area contributed by atoms with Crippen LogP contribution in [0, 0.1) is 0 Å². The van der Waals surface area contributed by atoms with E-state index in [9.17, 15) is 5.11 Å². The molecule has 0 amide bonds. The van der Waals surface area contributed by atoms with Crippen molar-refractivity contribution in [2.45, 2.75) is 38.5 Å². The van der Waals surface area contributed by atoms with E-state index in [-0.39, 0.29) is 0 Å². The third-order valence-corrected chi connectivity index (χ3v) is 4.24. The molecule has 118 valence electrons. The lowest BCUT2D eigenvalue weighted by molar-refractivity contribution is 0.194. The van der Waals surface area contributed by atoms with Gasteiger partial charge < -0.3 is 14.7 Å². The third-order valence-electron chi connectivity index (χ3n) is 4.24. The van der Waals surface area contributed by atoms with Crippen molar-refractivity contribution in [3.8, 4) is 5.75 Å². The van der Waals surface area contributed by atoms with E-state index in [4.69, 9.17) is 4.74 Å². The van der Waals surface area contributed by atoms with Crippen LogP contribution in [-0.2, 0) is 6.54 Å². The summed E-state index contributed by atoms with van der Waals surface area (Å²) in [7, 11) is 5.97. The third kappa shape index (κ3) is 4.19. The molecule has 0 radical (unpaired) electrons. The summed E-state index contributed by atoms with van der Waals surface area (Å²) < 4.78 is 5.49. The minimum absolute atomic E-state index is 0.439. The first-order chi connectivity index (χ1) is 10.0. The van der Waals surface area contributed by atoms with Gasteiger partial charge in [0, 0.05) is 24.7 Å². The van der Waals surface area contributed by atoms with Crippen LogP contribution in [0.15, 0.2) is 18.2 Å². The smallest absolute Gasteiger partial charge is 0.123 e. The summed E-state index contributed by atoms with van der Waals surface area (Å²) >= 11 is 0. The van der Waals surface area contributed by atoms with Gasteiger partial charge in [-0.15, -0.1) is 0 Å². The first-order valence-corrected chi connectivity index (χ1v) is 7.75. The second-order valence-corrected chi connectivity index (χ2v) is 6.28. The van der Waals surface area contributed by atoms with Crippen molar-refractivity contribution in [2.75, 3.05) is 34.3 Å². The fraction of sp³-hybridized carbons (Fsp3) is 0.647. The SMILES string of the molecule is COc1ccc(C(C)O)cc1CN1CCCC1CN(C)C. The summed E-state index contributed by atoms with van der Waals surface area (Å²) in [4.78, 5) is 4.79. The molecule has 2 unspecified atom stereocenters. The molecule has 1 aliphatic rings. The average Bonchev–Trinajstić information content (AvgIpc) is 2.85. The quantitative estimate of drug-likeness (QED) is 0.872. The van der Waals surface area contributed by atoms with E-state index in [1.807, 2.05) is 12.1 Å². The fourth-order valence-electron chi connectivity index (χ4n) is 3.13. The fourth-order valence-corrected chi connectivity index (χ4v) is 3.13. The van der Waals surface area contributed by atoms with Gasteiger partial charge in [-0.2, -0.15) is 0 Å². The van der Waals surface area contributed by atoms with E-state index >= 15 is 0 Å². The highest BCUT2D eigenvalue weighted by molar-refractivity contribution is 5.38. The number of likely N-dealkylation sites (N-methyl/N-ethyl adjacent to an activating group) is 1. The second kappa shape index (κ2) is 7.25. The summed E-state index contributed by atoms with van der Waals surface area (Å²) in [6, 6.07) is 6.59. The Hall–Kier alpha value is -1.10. The Morgan fingerprint density at radius 3 is 2.81 bits per heavy atom. The number of rotatable bonds is 6. The number of aliphatic hydroxyl groups excluding tert-OH is 1. The predicted octanol–water partition coefficient (Wildman–Crippen LogP) is 2.27. The number of nitrogens with zero attached hydrogens (tertiary/aromatic N) is 2. The molecule has 1 saturated heterocycles. The highest BCUT2D eigenvalue weighted by Crippen LogP contribution is 2.28. The van der Waals surface area contributed by atoms with E-state index in [1.165, 1.54) is 18.4 Å². The Kier molecular flexibility index (Phi) is 5.62. The van der Waals surface area contributed by atoms with Crippen LogP contribution in [-0.4, -0.2) is 55.2 Å². The topological polar surface area (TPSA) is 35.9 Å². The van der Waals surface area contributed by atoms with Crippen LogP contribution in [0.2, 0.25) is 0 Å². The monoisotopic (exact) mass is 292 g/mol. The van der Waals surface area contributed by atoms with Gasteiger partial charge in [0.2, 0.25) is 0 Å². The molecule has 0 bridgehead atoms. The highest BCUT2D eigenvalue weighted by Gasteiger charge is 2.25. The van der Waals surface area contributed by atoms with Crippen LogP contribution < -0.4 is 4.74 Å². The van der Waals surface area contributed by atoms with Gasteiger partial charge in [-0.1, -0.05) is 6.07 Å². The van der Waals surface area contributed by atoms with Gasteiger partial charge in [-0.05, 0) is 58.1 Å². The molecule has 1 heterocycles. The lowest BCUT2D eigenvalue weighted by atomic mass is 10.1. The van der Waals surface area contributed by atoms with Crippen LogP contribution in [0.25, 0.3) is 0 Å². The molecule has 2 atom stereocenters. The first-order valence-electron chi connectivity index (χ1n) is 7.75. The maximum absolute atomic E-state index is 9.78. The van der Waals surface area contributed by atoms with E-state index in [2.05, 4.69) is 30.0 Å². The molecular weight excluding hydrogens is 264 g/mol. The Morgan fingerprint density at radius 1 is 1.43 bits per heavy atom. The van der Waals surface area contributed by atoms with Crippen LogP contribution in [0.3, 0.4) is 0 Å². The van der Waals surface area contributed by atoms with E-state index in [0.717, 1.165) is 30.9 Å². The molecule has 0 spiro atoms. The number of hydrogen-bond donors (Lipinski definition) is 1. The van der Waals surface area contributed by atoms with Crippen molar-refractivity contribution in [1.82, 2.24) is 9.80 Å². The zero-order valence-corrected chi connectivity index (χ0v) is 13.7. The number of methoxy groups -OCH3 is 1. The highest BCUT2D eigenvalue weighted by atomic mass is 16.5. The van der Waals surface area contributed by atoms with Crippen molar-refractivity contribution < 1.29 is 9.84 Å². The maximum atomic E-state index is 9.78. The number of ether oxygens (including phenoxy) is 1. The van der Waals surface area contributed by atoms with Crippen molar-refractivity contribution in [2.24, 2.45) is 0 Å². The van der Waals surface area contributed by atoms with E-state index < -0.39 is 6.10 Å². The summed E-state index contributed by atoms with van der Waals surface area (Å²) in [6.07, 6.45) is 2.08. The Balaban J connectivity index is 2.15. The molecular formula is C17H28N2O2. The molecule has 2 rings (SSSR count). The number of likely N-dealkylation sites (tertiary alicyclic amines) is 1. The standard InChI is InChI=1S/C17H28N2O2/c1-13(20)14-7-8-17(21-4)15(10-14)11-19-9-5-6-16(19)12-18(2)3/h7-8,10,13,16,20H,5-6,9,11-12H2,1-4H3. The lowest BCUT2D eigenvalue weighted by Gasteiger charge is -2.27. The predicted molar refractivity (Wildman–Crippen MR) is 85.6 cm³/mol. The molecule has 1 aromatic rings. The Labute approximate surface area is 128 Å².